The normalized spacial score (nSPS) is 10.2. The maximum Gasteiger partial charge on any atom is 0.146 e. The van der Waals surface area contributed by atoms with Crippen LogP contribution in [-0.2, 0) is 0 Å². The standard InChI is InChI=1S/C14H12BrFN2OS/c1-19-9-3-5-12(16)13(7-9)18-8-2-4-10(14(17)20)11(15)6-8/h2-7,18H,1H3,(H2,17,20). The number of halogens is 2. The summed E-state index contributed by atoms with van der Waals surface area (Å²) in [7, 11) is 1.53. The number of nitrogens with two attached hydrogens (primary N) is 1. The van der Waals surface area contributed by atoms with Gasteiger partial charge in [-0.3, -0.25) is 0 Å². The van der Waals surface area contributed by atoms with Gasteiger partial charge < -0.3 is 15.8 Å². The zero-order valence-electron chi connectivity index (χ0n) is 10.6. The quantitative estimate of drug-likeness (QED) is 0.815. The first kappa shape index (κ1) is 14.7. The number of benzene rings is 2. The second-order valence-corrected chi connectivity index (χ2v) is 5.32. The molecule has 0 saturated heterocycles. The lowest BCUT2D eigenvalue weighted by molar-refractivity contribution is 0.414. The van der Waals surface area contributed by atoms with E-state index in [0.717, 1.165) is 10.0 Å². The molecule has 20 heavy (non-hydrogen) atoms. The summed E-state index contributed by atoms with van der Waals surface area (Å²) in [5, 5.41) is 2.98. The molecule has 0 bridgehead atoms. The van der Waals surface area contributed by atoms with Gasteiger partial charge in [0.05, 0.1) is 12.8 Å². The molecular formula is C14H12BrFN2OS. The Bertz CT molecular complexity index is 664. The molecule has 0 spiro atoms. The molecule has 0 fully saturated rings. The molecular weight excluding hydrogens is 343 g/mol. The van der Waals surface area contributed by atoms with Gasteiger partial charge in [-0.2, -0.15) is 0 Å². The van der Waals surface area contributed by atoms with E-state index in [2.05, 4.69) is 21.2 Å². The Kier molecular flexibility index (Phi) is 4.57. The fraction of sp³-hybridized carbons (Fsp3) is 0.0714. The number of hydrogen-bond acceptors (Lipinski definition) is 3. The molecule has 0 heterocycles. The van der Waals surface area contributed by atoms with Crippen molar-refractivity contribution < 1.29 is 9.13 Å². The summed E-state index contributed by atoms with van der Waals surface area (Å²) in [6.45, 7) is 0. The van der Waals surface area contributed by atoms with E-state index in [1.165, 1.54) is 13.2 Å². The molecule has 3 nitrogen and oxygen atoms in total. The highest BCUT2D eigenvalue weighted by atomic mass is 79.9. The molecule has 0 atom stereocenters. The van der Waals surface area contributed by atoms with E-state index >= 15 is 0 Å². The van der Waals surface area contributed by atoms with Crippen LogP contribution < -0.4 is 15.8 Å². The predicted molar refractivity (Wildman–Crippen MR) is 86.3 cm³/mol. The summed E-state index contributed by atoms with van der Waals surface area (Å²) in [4.78, 5) is 0.302. The molecule has 0 saturated carbocycles. The van der Waals surface area contributed by atoms with Gasteiger partial charge >= 0.3 is 0 Å². The van der Waals surface area contributed by atoms with Gasteiger partial charge in [0, 0.05) is 21.8 Å². The van der Waals surface area contributed by atoms with Gasteiger partial charge in [-0.05, 0) is 46.3 Å². The molecule has 0 aliphatic rings. The van der Waals surface area contributed by atoms with Gasteiger partial charge in [-0.25, -0.2) is 4.39 Å². The predicted octanol–water partition coefficient (Wildman–Crippen LogP) is 3.97. The minimum absolute atomic E-state index is 0.302. The number of rotatable bonds is 4. The Hall–Kier alpha value is -1.66. The lowest BCUT2D eigenvalue weighted by atomic mass is 10.2. The van der Waals surface area contributed by atoms with Crippen molar-refractivity contribution in [3.63, 3.8) is 0 Å². The first-order valence-corrected chi connectivity index (χ1v) is 6.91. The number of ether oxygens (including phenoxy) is 1. The maximum absolute atomic E-state index is 13.7. The van der Waals surface area contributed by atoms with E-state index in [9.17, 15) is 4.39 Å². The minimum Gasteiger partial charge on any atom is -0.497 e. The fourth-order valence-corrected chi connectivity index (χ4v) is 2.58. The lowest BCUT2D eigenvalue weighted by Gasteiger charge is -2.11. The third-order valence-electron chi connectivity index (χ3n) is 2.69. The van der Waals surface area contributed by atoms with Crippen molar-refractivity contribution in [2.45, 2.75) is 0 Å². The summed E-state index contributed by atoms with van der Waals surface area (Å²) in [6.07, 6.45) is 0. The molecule has 3 N–H and O–H groups in total. The Labute approximate surface area is 130 Å². The van der Waals surface area contributed by atoms with Crippen molar-refractivity contribution in [3.05, 3.63) is 52.3 Å². The summed E-state index contributed by atoms with van der Waals surface area (Å²) < 4.78 is 19.5. The molecule has 6 heteroatoms. The summed E-state index contributed by atoms with van der Waals surface area (Å²) in [6, 6.07) is 9.83. The van der Waals surface area contributed by atoms with E-state index in [-0.39, 0.29) is 5.82 Å². The number of methoxy groups -OCH3 is 1. The third-order valence-corrected chi connectivity index (χ3v) is 3.56. The number of nitrogens with one attached hydrogen (secondary N) is 1. The zero-order valence-corrected chi connectivity index (χ0v) is 13.0. The van der Waals surface area contributed by atoms with Crippen LogP contribution in [0.4, 0.5) is 15.8 Å². The molecule has 0 radical (unpaired) electrons. The van der Waals surface area contributed by atoms with Crippen LogP contribution in [-0.4, -0.2) is 12.1 Å². The first-order chi connectivity index (χ1) is 9.51. The van der Waals surface area contributed by atoms with Gasteiger partial charge in [0.15, 0.2) is 0 Å². The van der Waals surface area contributed by atoms with Crippen LogP contribution in [0, 0.1) is 5.82 Å². The van der Waals surface area contributed by atoms with Crippen LogP contribution in [0.15, 0.2) is 40.9 Å². The summed E-state index contributed by atoms with van der Waals surface area (Å²) in [5.74, 6) is 0.216. The van der Waals surface area contributed by atoms with Crippen LogP contribution in [0.1, 0.15) is 5.56 Å². The Morgan fingerprint density at radius 3 is 2.65 bits per heavy atom. The average Bonchev–Trinajstić information content (AvgIpc) is 2.41. The van der Waals surface area contributed by atoms with Crippen LogP contribution >= 0.6 is 28.1 Å². The van der Waals surface area contributed by atoms with E-state index in [1.54, 1.807) is 30.3 Å². The van der Waals surface area contributed by atoms with Crippen LogP contribution in [0.25, 0.3) is 0 Å². The highest BCUT2D eigenvalue weighted by Crippen LogP contribution is 2.27. The van der Waals surface area contributed by atoms with E-state index in [4.69, 9.17) is 22.7 Å². The molecule has 2 aromatic carbocycles. The second-order valence-electron chi connectivity index (χ2n) is 4.03. The second kappa shape index (κ2) is 6.19. The molecule has 0 unspecified atom stereocenters. The third kappa shape index (κ3) is 3.26. The van der Waals surface area contributed by atoms with Gasteiger partial charge in [-0.1, -0.05) is 12.2 Å². The highest BCUT2D eigenvalue weighted by Gasteiger charge is 2.07. The van der Waals surface area contributed by atoms with Crippen molar-refractivity contribution in [1.29, 1.82) is 0 Å². The summed E-state index contributed by atoms with van der Waals surface area (Å²) >= 11 is 8.31. The topological polar surface area (TPSA) is 47.3 Å². The Balaban J connectivity index is 2.30. The smallest absolute Gasteiger partial charge is 0.146 e. The molecule has 104 valence electrons. The van der Waals surface area contributed by atoms with E-state index in [1.807, 2.05) is 0 Å². The molecule has 2 rings (SSSR count). The van der Waals surface area contributed by atoms with E-state index in [0.29, 0.717) is 22.1 Å². The minimum atomic E-state index is -0.361. The number of thiocarbonyl (C=S) groups is 1. The Morgan fingerprint density at radius 1 is 1.30 bits per heavy atom. The Morgan fingerprint density at radius 2 is 2.05 bits per heavy atom. The maximum atomic E-state index is 13.7. The van der Waals surface area contributed by atoms with Crippen molar-refractivity contribution >= 4 is 44.5 Å². The van der Waals surface area contributed by atoms with Crippen LogP contribution in [0.5, 0.6) is 5.75 Å². The average molecular weight is 355 g/mol. The van der Waals surface area contributed by atoms with Crippen molar-refractivity contribution in [2.75, 3.05) is 12.4 Å². The van der Waals surface area contributed by atoms with Gasteiger partial charge in [-0.15, -0.1) is 0 Å². The molecule has 0 amide bonds. The lowest BCUT2D eigenvalue weighted by Crippen LogP contribution is -2.10. The molecule has 2 aromatic rings. The molecule has 0 aliphatic heterocycles. The van der Waals surface area contributed by atoms with Crippen molar-refractivity contribution in [2.24, 2.45) is 5.73 Å². The van der Waals surface area contributed by atoms with Gasteiger partial charge in [0.25, 0.3) is 0 Å². The SMILES string of the molecule is COc1ccc(F)c(Nc2ccc(C(N)=S)c(Br)c2)c1. The van der Waals surface area contributed by atoms with Gasteiger partial charge in [0.1, 0.15) is 16.6 Å². The zero-order chi connectivity index (χ0) is 14.7. The van der Waals surface area contributed by atoms with Gasteiger partial charge in [0.2, 0.25) is 0 Å². The monoisotopic (exact) mass is 354 g/mol. The van der Waals surface area contributed by atoms with E-state index < -0.39 is 0 Å². The molecule has 0 aromatic heterocycles. The number of anilines is 2. The van der Waals surface area contributed by atoms with Crippen LogP contribution in [0.3, 0.4) is 0 Å². The molecule has 0 aliphatic carbocycles. The number of hydrogen-bond donors (Lipinski definition) is 2. The first-order valence-electron chi connectivity index (χ1n) is 5.71. The van der Waals surface area contributed by atoms with Crippen LogP contribution in [0.2, 0.25) is 0 Å². The van der Waals surface area contributed by atoms with Crippen molar-refractivity contribution in [1.82, 2.24) is 0 Å². The highest BCUT2D eigenvalue weighted by molar-refractivity contribution is 9.10. The largest absolute Gasteiger partial charge is 0.497 e. The fourth-order valence-electron chi connectivity index (χ4n) is 1.68. The van der Waals surface area contributed by atoms with Crippen molar-refractivity contribution in [3.8, 4) is 5.75 Å². The summed E-state index contributed by atoms with van der Waals surface area (Å²) in [5.41, 5.74) is 7.36.